The van der Waals surface area contributed by atoms with Gasteiger partial charge in [0.05, 0.1) is 85.7 Å². The molecule has 0 atom stereocenters. The van der Waals surface area contributed by atoms with E-state index in [2.05, 4.69) is 77.7 Å². The summed E-state index contributed by atoms with van der Waals surface area (Å²) in [6, 6.07) is 22.2. The maximum Gasteiger partial charge on any atom is 0.419 e. The lowest BCUT2D eigenvalue weighted by molar-refractivity contribution is 0.0530. The van der Waals surface area contributed by atoms with Crippen LogP contribution in [-0.2, 0) is 57.7 Å². The maximum absolute atomic E-state index is 12.5. The Bertz CT molecular complexity index is 5610. The number of ether oxygens (including phenoxy) is 5. The highest BCUT2D eigenvalue weighted by Crippen LogP contribution is 2.29. The lowest BCUT2D eigenvalue weighted by Crippen LogP contribution is -2.27. The summed E-state index contributed by atoms with van der Waals surface area (Å²) in [5.74, 6) is 0. The molecule has 1 aliphatic rings. The molecule has 0 aliphatic carbocycles. The van der Waals surface area contributed by atoms with Gasteiger partial charge in [-0.25, -0.2) is 46.8 Å². The lowest BCUT2D eigenvalue weighted by Gasteiger charge is -2.20. The first kappa shape index (κ1) is 88.5. The normalized spacial score (nSPS) is 12.7. The molecule has 1 saturated heterocycles. The van der Waals surface area contributed by atoms with Crippen molar-refractivity contribution < 1.29 is 70.2 Å². The van der Waals surface area contributed by atoms with Gasteiger partial charge >= 0.3 is 30.5 Å². The molecule has 0 unspecified atom stereocenters. The number of aromatic nitrogens is 12. The number of nitrogens with one attached hydrogen (secondary N) is 1. The summed E-state index contributed by atoms with van der Waals surface area (Å²) in [6.07, 6.45) is 12.1. The molecule has 0 aromatic carbocycles. The SMILES string of the molecule is Cc1cc2ncc(Br)cc2[nH]1.Cc1cc2ncc(Br)cc2n1C(=O)OC(C)(C)C.Cc1cc2ncc(C=O)cc2n1C(=O)OC(C)(C)C.Cc1cc2ncc(CN3CCCC3)cc2n1C(=O)OC(C)(C)C.Cc1cc2ncc(CO)cc2n1C(=O)OC(C)(C)C.Cc1cc2ncc(COS(C)(=O)=O)cc2n1C(=O)OC(C)(C)C. The zero-order valence-corrected chi connectivity index (χ0v) is 72.1. The van der Waals surface area contributed by atoms with E-state index in [0.29, 0.717) is 61.8 Å². The number of halogens is 2. The van der Waals surface area contributed by atoms with E-state index < -0.39 is 56.4 Å². The van der Waals surface area contributed by atoms with Crippen LogP contribution in [0, 0.1) is 41.5 Å². The summed E-state index contributed by atoms with van der Waals surface area (Å²) in [7, 11) is -3.55. The number of carbonyl (C=O) groups is 6. The van der Waals surface area contributed by atoms with Gasteiger partial charge in [-0.3, -0.25) is 43.8 Å². The van der Waals surface area contributed by atoms with Gasteiger partial charge in [0.15, 0.2) is 6.29 Å². The average Bonchev–Trinajstić information content (AvgIpc) is 1.67. The Morgan fingerprint density at radius 3 is 1.11 bits per heavy atom. The van der Waals surface area contributed by atoms with E-state index in [9.17, 15) is 37.2 Å². The second-order valence-electron chi connectivity index (χ2n) is 32.2. The van der Waals surface area contributed by atoms with Crippen molar-refractivity contribution in [3.05, 3.63) is 175 Å². The van der Waals surface area contributed by atoms with E-state index in [4.69, 9.17) is 33.0 Å². The van der Waals surface area contributed by atoms with Crippen molar-refractivity contribution in [2.75, 3.05) is 19.3 Å². The molecule has 0 spiro atoms. The molecular weight excluding hydrogens is 1600 g/mol. The Morgan fingerprint density at radius 2 is 0.743 bits per heavy atom. The fourth-order valence-corrected chi connectivity index (χ4v) is 12.7. The van der Waals surface area contributed by atoms with Crippen molar-refractivity contribution in [3.63, 3.8) is 0 Å². The van der Waals surface area contributed by atoms with Crippen LogP contribution in [0.25, 0.3) is 66.2 Å². The van der Waals surface area contributed by atoms with Crippen molar-refractivity contribution in [1.82, 2.24) is 62.6 Å². The van der Waals surface area contributed by atoms with Gasteiger partial charge < -0.3 is 33.8 Å². The Morgan fingerprint density at radius 1 is 0.434 bits per heavy atom. The van der Waals surface area contributed by atoms with Crippen LogP contribution in [-0.4, -0.2) is 160 Å². The summed E-state index contributed by atoms with van der Waals surface area (Å²) < 4.78 is 63.3. The van der Waals surface area contributed by atoms with Gasteiger partial charge in [0.25, 0.3) is 10.1 Å². The molecule has 1 aliphatic heterocycles. The lowest BCUT2D eigenvalue weighted by atomic mass is 10.2. The Labute approximate surface area is 674 Å². The number of aromatic amines is 1. The number of hydrogen-bond donors (Lipinski definition) is 2. The minimum atomic E-state index is -3.55. The highest BCUT2D eigenvalue weighted by atomic mass is 79.9. The molecule has 113 heavy (non-hydrogen) atoms. The van der Waals surface area contributed by atoms with Gasteiger partial charge in [-0.05, 0) is 293 Å². The van der Waals surface area contributed by atoms with Gasteiger partial charge in [-0.15, -0.1) is 0 Å². The number of carbonyl (C=O) groups excluding carboxylic acids is 6. The molecule has 28 nitrogen and oxygen atoms in total. The van der Waals surface area contributed by atoms with Gasteiger partial charge in [0.1, 0.15) is 28.0 Å². The largest absolute Gasteiger partial charge is 0.443 e. The third-order valence-corrected chi connectivity index (χ3v) is 17.6. The minimum absolute atomic E-state index is 0.110. The van der Waals surface area contributed by atoms with E-state index in [-0.39, 0.29) is 25.4 Å². The number of aliphatic hydroxyl groups is 1. The van der Waals surface area contributed by atoms with Gasteiger partial charge in [-0.2, -0.15) is 8.42 Å². The zero-order chi connectivity index (χ0) is 83.8. The van der Waals surface area contributed by atoms with Crippen LogP contribution in [0.4, 0.5) is 24.0 Å². The Balaban J connectivity index is 0.000000172. The van der Waals surface area contributed by atoms with Crippen LogP contribution < -0.4 is 0 Å². The van der Waals surface area contributed by atoms with Crippen molar-refractivity contribution in [2.45, 2.75) is 206 Å². The topological polar surface area (TPSA) is 333 Å². The van der Waals surface area contributed by atoms with Gasteiger partial charge in [0.2, 0.25) is 0 Å². The van der Waals surface area contributed by atoms with Crippen molar-refractivity contribution in [1.29, 1.82) is 0 Å². The second kappa shape index (κ2) is 36.0. The summed E-state index contributed by atoms with van der Waals surface area (Å²) in [5, 5.41) is 9.15. The van der Waals surface area contributed by atoms with Crippen LogP contribution >= 0.6 is 31.9 Å². The van der Waals surface area contributed by atoms with Crippen molar-refractivity contribution in [3.8, 4) is 0 Å². The highest BCUT2D eigenvalue weighted by Gasteiger charge is 2.28. The third kappa shape index (κ3) is 25.0. The molecule has 31 heteroatoms. The summed E-state index contributed by atoms with van der Waals surface area (Å²) in [4.78, 5) is 104. The molecule has 0 saturated carbocycles. The van der Waals surface area contributed by atoms with Crippen molar-refractivity contribution in [2.24, 2.45) is 0 Å². The van der Waals surface area contributed by atoms with E-state index >= 15 is 0 Å². The number of nitrogens with zero attached hydrogens (tertiary/aromatic N) is 12. The Hall–Kier alpha value is -10.1. The number of hydrogen-bond acceptors (Lipinski definition) is 22. The molecule has 12 aromatic heterocycles. The molecule has 13 rings (SSSR count). The molecule has 1 fully saturated rings. The van der Waals surface area contributed by atoms with Crippen LogP contribution in [0.15, 0.2) is 119 Å². The van der Waals surface area contributed by atoms with E-state index in [1.807, 2.05) is 133 Å². The number of aryl methyl sites for hydroxylation is 6. The second-order valence-corrected chi connectivity index (χ2v) is 35.7. The van der Waals surface area contributed by atoms with Gasteiger partial charge in [0, 0.05) is 92.4 Å². The van der Waals surface area contributed by atoms with Gasteiger partial charge in [-0.1, -0.05) is 0 Å². The van der Waals surface area contributed by atoms with Crippen LogP contribution in [0.2, 0.25) is 0 Å². The third-order valence-electron chi connectivity index (χ3n) is 16.2. The van der Waals surface area contributed by atoms with E-state index in [0.717, 1.165) is 102 Å². The zero-order valence-electron chi connectivity index (χ0n) is 68.1. The predicted molar refractivity (Wildman–Crippen MR) is 442 cm³/mol. The first-order valence-corrected chi connectivity index (χ1v) is 39.8. The number of fused-ring (bicyclic) bond motifs is 6. The molecule has 604 valence electrons. The predicted octanol–water partition coefficient (Wildman–Crippen LogP) is 18.4. The van der Waals surface area contributed by atoms with E-state index in [1.54, 1.807) is 113 Å². The highest BCUT2D eigenvalue weighted by molar-refractivity contribution is 9.10. The number of likely N-dealkylation sites (tertiary alicyclic amines) is 1. The standard InChI is InChI=1S/C18H25N3O2.C15H20N2O5S.C14H18N2O3.C14H16N2O3.C13H15BrN2O2.C8H7BrN2/c1-13-9-15-16(21(13)17(22)23-18(2,3)4)10-14(11-19-15)12-20-7-5-6-8-20;1-10-6-12-13(17(10)14(18)22-15(2,3)4)7-11(8-16-12)9-21-23(5,19)20;2*1-9-5-11-12(6-10(8-17)7-15-11)16(9)13(18)19-14(2,3)4;1-8-5-10-11(6-9(14)7-15-10)16(8)12(17)18-13(2,3)4;1-5-2-7-8(11-5)3-6(9)4-10-7/h9-11H,5-8,12H2,1-4H3;6-8H,9H2,1-5H3;5-7,17H,8H2,1-4H3;5-8H,1-4H3;5-7H,1-4H3;2-4,11H,1H3. The molecular formula is C82H101Br2N13O15S. The van der Waals surface area contributed by atoms with E-state index in [1.165, 1.54) is 38.9 Å². The number of aldehydes is 1. The average molecular weight is 1700 g/mol. The Kier molecular flexibility index (Phi) is 28.2. The minimum Gasteiger partial charge on any atom is -0.443 e. The smallest absolute Gasteiger partial charge is 0.419 e. The molecule has 0 bridgehead atoms. The molecule has 12 aromatic rings. The fraction of sp³-hybridized carbons (Fsp3) is 0.415. The first-order valence-electron chi connectivity index (χ1n) is 36.4. The summed E-state index contributed by atoms with van der Waals surface area (Å²) in [6.45, 7) is 41.5. The van der Waals surface area contributed by atoms with Crippen LogP contribution in [0.3, 0.4) is 0 Å². The molecule has 2 N–H and O–H groups in total. The fourth-order valence-electron chi connectivity index (χ4n) is 11.7. The number of rotatable bonds is 7. The first-order chi connectivity index (χ1) is 52.5. The monoisotopic (exact) mass is 1700 g/mol. The number of pyridine rings is 6. The molecule has 13 heterocycles. The molecule has 0 radical (unpaired) electrons. The van der Waals surface area contributed by atoms with Crippen molar-refractivity contribution >= 4 is 145 Å². The number of H-pyrrole nitrogens is 1. The van der Waals surface area contributed by atoms with Crippen LogP contribution in [0.5, 0.6) is 0 Å². The molecule has 0 amide bonds. The summed E-state index contributed by atoms with van der Waals surface area (Å²) >= 11 is 6.72. The maximum atomic E-state index is 12.5. The summed E-state index contributed by atoms with van der Waals surface area (Å²) in [5.41, 5.74) is 14.0. The number of aliphatic hydroxyl groups excluding tert-OH is 1. The van der Waals surface area contributed by atoms with Crippen LogP contribution in [0.1, 0.15) is 178 Å². The quantitative estimate of drug-likeness (QED) is 0.0850.